The second-order valence-corrected chi connectivity index (χ2v) is 5.99. The number of nitrogens with one attached hydrogen (secondary N) is 1. The zero-order valence-electron chi connectivity index (χ0n) is 13.5. The third-order valence-electron chi connectivity index (χ3n) is 3.83. The van der Waals surface area contributed by atoms with Crippen molar-refractivity contribution in [1.29, 1.82) is 0 Å². The quantitative estimate of drug-likeness (QED) is 0.476. The number of hydrogen-bond donors (Lipinski definition) is 2. The van der Waals surface area contributed by atoms with Crippen molar-refractivity contribution in [2.24, 2.45) is 5.92 Å². The standard InChI is InChI=1S/C16H31NO4/c1-3-20-16(19)8-5-9-17-11-14(18)12-21-15-7-4-6-13(2)10-15/h13-15,17-18H,3-12H2,1-2H3. The highest BCUT2D eigenvalue weighted by atomic mass is 16.5. The van der Waals surface area contributed by atoms with E-state index >= 15 is 0 Å². The average Bonchev–Trinajstić information content (AvgIpc) is 2.45. The largest absolute Gasteiger partial charge is 0.466 e. The summed E-state index contributed by atoms with van der Waals surface area (Å²) in [5.41, 5.74) is 0. The summed E-state index contributed by atoms with van der Waals surface area (Å²) < 4.78 is 10.6. The van der Waals surface area contributed by atoms with Gasteiger partial charge >= 0.3 is 5.97 Å². The van der Waals surface area contributed by atoms with Gasteiger partial charge in [0, 0.05) is 13.0 Å². The lowest BCUT2D eigenvalue weighted by Gasteiger charge is -2.27. The summed E-state index contributed by atoms with van der Waals surface area (Å²) in [4.78, 5) is 11.1. The van der Waals surface area contributed by atoms with Crippen molar-refractivity contribution in [2.75, 3.05) is 26.3 Å². The Morgan fingerprint density at radius 3 is 2.95 bits per heavy atom. The molecule has 0 heterocycles. The van der Waals surface area contributed by atoms with E-state index in [0.29, 0.717) is 38.8 Å². The molecule has 1 rings (SSSR count). The van der Waals surface area contributed by atoms with Gasteiger partial charge in [-0.2, -0.15) is 0 Å². The zero-order chi connectivity index (χ0) is 15.5. The number of esters is 1. The van der Waals surface area contributed by atoms with Gasteiger partial charge in [0.25, 0.3) is 0 Å². The van der Waals surface area contributed by atoms with Gasteiger partial charge in [-0.3, -0.25) is 4.79 Å². The lowest BCUT2D eigenvalue weighted by molar-refractivity contribution is -0.143. The van der Waals surface area contributed by atoms with E-state index in [4.69, 9.17) is 9.47 Å². The third kappa shape index (κ3) is 9.06. The van der Waals surface area contributed by atoms with Gasteiger partial charge in [-0.05, 0) is 38.6 Å². The highest BCUT2D eigenvalue weighted by molar-refractivity contribution is 5.69. The second kappa shape index (κ2) is 11.0. The molecule has 0 spiro atoms. The van der Waals surface area contributed by atoms with Gasteiger partial charge in [0.05, 0.1) is 25.4 Å². The van der Waals surface area contributed by atoms with Gasteiger partial charge in [0.15, 0.2) is 0 Å². The minimum absolute atomic E-state index is 0.158. The van der Waals surface area contributed by atoms with Crippen LogP contribution in [0.1, 0.15) is 52.4 Å². The third-order valence-corrected chi connectivity index (χ3v) is 3.83. The molecule has 0 bridgehead atoms. The number of rotatable bonds is 10. The molecule has 0 saturated heterocycles. The first-order valence-corrected chi connectivity index (χ1v) is 8.27. The van der Waals surface area contributed by atoms with E-state index in [2.05, 4.69) is 12.2 Å². The molecule has 0 aromatic carbocycles. The molecule has 0 aromatic rings. The van der Waals surface area contributed by atoms with Crippen LogP contribution in [-0.4, -0.2) is 49.6 Å². The van der Waals surface area contributed by atoms with Crippen LogP contribution in [0.3, 0.4) is 0 Å². The van der Waals surface area contributed by atoms with Crippen LogP contribution in [0.4, 0.5) is 0 Å². The van der Waals surface area contributed by atoms with Crippen LogP contribution in [-0.2, 0) is 14.3 Å². The highest BCUT2D eigenvalue weighted by Crippen LogP contribution is 2.25. The summed E-state index contributed by atoms with van der Waals surface area (Å²) in [6, 6.07) is 0. The number of aliphatic hydroxyl groups is 1. The molecule has 3 unspecified atom stereocenters. The maximum Gasteiger partial charge on any atom is 0.305 e. The van der Waals surface area contributed by atoms with Crippen molar-refractivity contribution >= 4 is 5.97 Å². The SMILES string of the molecule is CCOC(=O)CCCNCC(O)COC1CCCC(C)C1. The van der Waals surface area contributed by atoms with Crippen LogP contribution in [0, 0.1) is 5.92 Å². The minimum atomic E-state index is -0.482. The van der Waals surface area contributed by atoms with E-state index in [1.165, 1.54) is 12.8 Å². The number of carbonyl (C=O) groups is 1. The molecular formula is C16H31NO4. The van der Waals surface area contributed by atoms with Crippen molar-refractivity contribution in [3.63, 3.8) is 0 Å². The molecule has 5 nitrogen and oxygen atoms in total. The van der Waals surface area contributed by atoms with E-state index in [-0.39, 0.29) is 5.97 Å². The normalized spacial score (nSPS) is 23.8. The van der Waals surface area contributed by atoms with Gasteiger partial charge in [-0.25, -0.2) is 0 Å². The fourth-order valence-electron chi connectivity index (χ4n) is 2.70. The zero-order valence-corrected chi connectivity index (χ0v) is 13.5. The fourth-order valence-corrected chi connectivity index (χ4v) is 2.70. The van der Waals surface area contributed by atoms with Crippen LogP contribution in [0.5, 0.6) is 0 Å². The molecule has 1 saturated carbocycles. The molecule has 21 heavy (non-hydrogen) atoms. The Kier molecular flexibility index (Phi) is 9.63. The molecule has 3 atom stereocenters. The van der Waals surface area contributed by atoms with E-state index in [1.807, 2.05) is 0 Å². The Labute approximate surface area is 128 Å². The monoisotopic (exact) mass is 301 g/mol. The topological polar surface area (TPSA) is 67.8 Å². The van der Waals surface area contributed by atoms with Gasteiger partial charge < -0.3 is 19.9 Å². The van der Waals surface area contributed by atoms with Gasteiger partial charge in [0.2, 0.25) is 0 Å². The van der Waals surface area contributed by atoms with E-state index in [0.717, 1.165) is 25.2 Å². The van der Waals surface area contributed by atoms with Gasteiger partial charge in [-0.1, -0.05) is 19.8 Å². The molecule has 1 aliphatic carbocycles. The molecule has 0 aliphatic heterocycles. The summed E-state index contributed by atoms with van der Waals surface area (Å²) in [5, 5.41) is 13.0. The highest BCUT2D eigenvalue weighted by Gasteiger charge is 2.20. The first-order chi connectivity index (χ1) is 10.1. The molecule has 1 aliphatic rings. The lowest BCUT2D eigenvalue weighted by atomic mass is 9.89. The first kappa shape index (κ1) is 18.4. The Balaban J connectivity index is 1.96. The summed E-state index contributed by atoms with van der Waals surface area (Å²) in [5.74, 6) is 0.580. The Bertz CT molecular complexity index is 285. The summed E-state index contributed by atoms with van der Waals surface area (Å²) >= 11 is 0. The molecule has 124 valence electrons. The molecule has 0 radical (unpaired) electrons. The number of ether oxygens (including phenoxy) is 2. The Hall–Kier alpha value is -0.650. The van der Waals surface area contributed by atoms with E-state index in [9.17, 15) is 9.90 Å². The number of aliphatic hydroxyl groups excluding tert-OH is 1. The Morgan fingerprint density at radius 2 is 2.24 bits per heavy atom. The smallest absolute Gasteiger partial charge is 0.305 e. The molecule has 2 N–H and O–H groups in total. The Morgan fingerprint density at radius 1 is 1.43 bits per heavy atom. The second-order valence-electron chi connectivity index (χ2n) is 5.99. The van der Waals surface area contributed by atoms with Crippen LogP contribution < -0.4 is 5.32 Å². The van der Waals surface area contributed by atoms with Crippen molar-refractivity contribution < 1.29 is 19.4 Å². The molecule has 0 aromatic heterocycles. The van der Waals surface area contributed by atoms with Crippen molar-refractivity contribution in [1.82, 2.24) is 5.32 Å². The molecule has 1 fully saturated rings. The summed E-state index contributed by atoms with van der Waals surface area (Å²) in [6.45, 7) is 6.10. The summed E-state index contributed by atoms with van der Waals surface area (Å²) in [7, 11) is 0. The predicted molar refractivity (Wildman–Crippen MR) is 82.1 cm³/mol. The average molecular weight is 301 g/mol. The van der Waals surface area contributed by atoms with Gasteiger partial charge in [-0.15, -0.1) is 0 Å². The van der Waals surface area contributed by atoms with Crippen LogP contribution >= 0.6 is 0 Å². The van der Waals surface area contributed by atoms with E-state index < -0.39 is 6.10 Å². The first-order valence-electron chi connectivity index (χ1n) is 8.27. The molecule has 0 amide bonds. The van der Waals surface area contributed by atoms with Crippen molar-refractivity contribution in [3.05, 3.63) is 0 Å². The van der Waals surface area contributed by atoms with Crippen molar-refractivity contribution in [2.45, 2.75) is 64.6 Å². The molecule has 5 heteroatoms. The molecular weight excluding hydrogens is 270 g/mol. The fraction of sp³-hybridized carbons (Fsp3) is 0.938. The predicted octanol–water partition coefficient (Wildman–Crippen LogP) is 1.88. The summed E-state index contributed by atoms with van der Waals surface area (Å²) in [6.07, 6.45) is 5.74. The van der Waals surface area contributed by atoms with Crippen LogP contribution in [0.2, 0.25) is 0 Å². The number of hydrogen-bond acceptors (Lipinski definition) is 5. The minimum Gasteiger partial charge on any atom is -0.466 e. The van der Waals surface area contributed by atoms with Gasteiger partial charge in [0.1, 0.15) is 0 Å². The number of carbonyl (C=O) groups excluding carboxylic acids is 1. The maximum atomic E-state index is 11.1. The van der Waals surface area contributed by atoms with Crippen molar-refractivity contribution in [3.8, 4) is 0 Å². The van der Waals surface area contributed by atoms with Crippen LogP contribution in [0.15, 0.2) is 0 Å². The maximum absolute atomic E-state index is 11.1. The van der Waals surface area contributed by atoms with E-state index in [1.54, 1.807) is 6.92 Å². The van der Waals surface area contributed by atoms with Crippen LogP contribution in [0.25, 0.3) is 0 Å². The lowest BCUT2D eigenvalue weighted by Crippen LogP contribution is -2.33.